The third-order valence-corrected chi connectivity index (χ3v) is 3.26. The van der Waals surface area contributed by atoms with E-state index in [2.05, 4.69) is 0 Å². The topological polar surface area (TPSA) is 55.8 Å². The van der Waals surface area contributed by atoms with E-state index in [0.29, 0.717) is 12.7 Å². The molecule has 1 aromatic carbocycles. The molecule has 20 heavy (non-hydrogen) atoms. The normalized spacial score (nSPS) is 18.5. The summed E-state index contributed by atoms with van der Waals surface area (Å²) in [4.78, 5) is 10.4. The van der Waals surface area contributed by atoms with E-state index in [0.717, 1.165) is 36.8 Å². The molecule has 1 saturated heterocycles. The SMILES string of the molecule is O=C(O)C=Cc1ccc(OCCCC2CCCO2)cc1. The molecule has 0 radical (unpaired) electrons. The number of benzene rings is 1. The lowest BCUT2D eigenvalue weighted by Gasteiger charge is -2.10. The molecule has 1 atom stereocenters. The second kappa shape index (κ2) is 7.70. The van der Waals surface area contributed by atoms with Crippen LogP contribution in [0.25, 0.3) is 6.08 Å². The Labute approximate surface area is 119 Å². The van der Waals surface area contributed by atoms with Crippen molar-refractivity contribution < 1.29 is 19.4 Å². The first-order valence-electron chi connectivity index (χ1n) is 6.99. The summed E-state index contributed by atoms with van der Waals surface area (Å²) in [7, 11) is 0. The van der Waals surface area contributed by atoms with Gasteiger partial charge in [0.2, 0.25) is 0 Å². The van der Waals surface area contributed by atoms with E-state index in [9.17, 15) is 4.79 Å². The van der Waals surface area contributed by atoms with Crippen LogP contribution in [-0.2, 0) is 9.53 Å². The molecule has 2 rings (SSSR count). The lowest BCUT2D eigenvalue weighted by molar-refractivity contribution is -0.131. The predicted molar refractivity (Wildman–Crippen MR) is 76.8 cm³/mol. The molecule has 0 bridgehead atoms. The van der Waals surface area contributed by atoms with Gasteiger partial charge in [-0.15, -0.1) is 0 Å². The summed E-state index contributed by atoms with van der Waals surface area (Å²) < 4.78 is 11.2. The van der Waals surface area contributed by atoms with Gasteiger partial charge < -0.3 is 14.6 Å². The van der Waals surface area contributed by atoms with Gasteiger partial charge in [-0.25, -0.2) is 4.79 Å². The molecule has 1 fully saturated rings. The molecule has 108 valence electrons. The molecule has 4 heteroatoms. The van der Waals surface area contributed by atoms with Gasteiger partial charge in [-0.3, -0.25) is 0 Å². The van der Waals surface area contributed by atoms with E-state index >= 15 is 0 Å². The fourth-order valence-corrected chi connectivity index (χ4v) is 2.22. The molecule has 1 heterocycles. The standard InChI is InChI=1S/C16H20O4/c17-16(18)10-7-13-5-8-15(9-6-13)20-12-2-4-14-3-1-11-19-14/h5-10,14H,1-4,11-12H2,(H,17,18). The molecule has 0 saturated carbocycles. The second-order valence-corrected chi connectivity index (χ2v) is 4.87. The number of carbonyl (C=O) groups is 1. The maximum atomic E-state index is 10.4. The Morgan fingerprint density at radius 2 is 2.20 bits per heavy atom. The highest BCUT2D eigenvalue weighted by Gasteiger charge is 2.14. The monoisotopic (exact) mass is 276 g/mol. The first-order chi connectivity index (χ1) is 9.74. The van der Waals surface area contributed by atoms with Crippen LogP contribution in [0.15, 0.2) is 30.3 Å². The number of hydrogen-bond donors (Lipinski definition) is 1. The Bertz CT molecular complexity index is 444. The number of carboxylic acid groups (broad SMARTS) is 1. The van der Waals surface area contributed by atoms with Crippen molar-refractivity contribution in [1.29, 1.82) is 0 Å². The van der Waals surface area contributed by atoms with Crippen LogP contribution >= 0.6 is 0 Å². The van der Waals surface area contributed by atoms with Crippen molar-refractivity contribution in [3.8, 4) is 5.75 Å². The van der Waals surface area contributed by atoms with Crippen molar-refractivity contribution in [2.45, 2.75) is 31.8 Å². The zero-order valence-corrected chi connectivity index (χ0v) is 11.5. The van der Waals surface area contributed by atoms with Gasteiger partial charge in [0.05, 0.1) is 12.7 Å². The number of hydrogen-bond acceptors (Lipinski definition) is 3. The highest BCUT2D eigenvalue weighted by Crippen LogP contribution is 2.18. The molecule has 1 aromatic rings. The third kappa shape index (κ3) is 5.05. The summed E-state index contributed by atoms with van der Waals surface area (Å²) >= 11 is 0. The summed E-state index contributed by atoms with van der Waals surface area (Å²) in [5, 5.41) is 8.54. The molecule has 0 aliphatic carbocycles. The molecule has 0 aromatic heterocycles. The van der Waals surface area contributed by atoms with Gasteiger partial charge in [0.15, 0.2) is 0 Å². The maximum absolute atomic E-state index is 10.4. The van der Waals surface area contributed by atoms with Gasteiger partial charge in [-0.1, -0.05) is 12.1 Å². The Morgan fingerprint density at radius 1 is 1.40 bits per heavy atom. The van der Waals surface area contributed by atoms with Gasteiger partial charge in [0.1, 0.15) is 5.75 Å². The van der Waals surface area contributed by atoms with Crippen molar-refractivity contribution >= 4 is 12.0 Å². The van der Waals surface area contributed by atoms with Crippen molar-refractivity contribution in [3.63, 3.8) is 0 Å². The van der Waals surface area contributed by atoms with E-state index in [1.54, 1.807) is 6.08 Å². The molecule has 4 nitrogen and oxygen atoms in total. The van der Waals surface area contributed by atoms with Crippen molar-refractivity contribution in [3.05, 3.63) is 35.9 Å². The van der Waals surface area contributed by atoms with Gasteiger partial charge in [0.25, 0.3) is 0 Å². The lowest BCUT2D eigenvalue weighted by Crippen LogP contribution is -2.07. The molecule has 0 amide bonds. The van der Waals surface area contributed by atoms with E-state index in [4.69, 9.17) is 14.6 Å². The Hall–Kier alpha value is -1.81. The molecule has 0 spiro atoms. The summed E-state index contributed by atoms with van der Waals surface area (Å²) in [6.45, 7) is 1.58. The van der Waals surface area contributed by atoms with Gasteiger partial charge in [-0.05, 0) is 49.5 Å². The Morgan fingerprint density at radius 3 is 2.85 bits per heavy atom. The minimum absolute atomic E-state index is 0.419. The van der Waals surface area contributed by atoms with Crippen LogP contribution in [0.4, 0.5) is 0 Å². The van der Waals surface area contributed by atoms with E-state index in [1.165, 1.54) is 12.8 Å². The molecular weight excluding hydrogens is 256 g/mol. The van der Waals surface area contributed by atoms with Crippen LogP contribution in [-0.4, -0.2) is 30.4 Å². The molecule has 1 unspecified atom stereocenters. The van der Waals surface area contributed by atoms with Crippen LogP contribution < -0.4 is 4.74 Å². The van der Waals surface area contributed by atoms with Gasteiger partial charge >= 0.3 is 5.97 Å². The summed E-state index contributed by atoms with van der Waals surface area (Å²) in [5.74, 6) is -0.135. The average molecular weight is 276 g/mol. The predicted octanol–water partition coefficient (Wildman–Crippen LogP) is 3.12. The van der Waals surface area contributed by atoms with E-state index in [1.807, 2.05) is 24.3 Å². The highest BCUT2D eigenvalue weighted by molar-refractivity contribution is 5.85. The van der Waals surface area contributed by atoms with E-state index in [-0.39, 0.29) is 0 Å². The van der Waals surface area contributed by atoms with Crippen LogP contribution in [0.1, 0.15) is 31.2 Å². The van der Waals surface area contributed by atoms with Crippen LogP contribution in [0.5, 0.6) is 5.75 Å². The van der Waals surface area contributed by atoms with Crippen molar-refractivity contribution in [2.75, 3.05) is 13.2 Å². The zero-order valence-electron chi connectivity index (χ0n) is 11.5. The average Bonchev–Trinajstić information content (AvgIpc) is 2.96. The third-order valence-electron chi connectivity index (χ3n) is 3.26. The number of carboxylic acids is 1. The highest BCUT2D eigenvalue weighted by atomic mass is 16.5. The number of aliphatic carboxylic acids is 1. The van der Waals surface area contributed by atoms with E-state index < -0.39 is 5.97 Å². The minimum atomic E-state index is -0.945. The molecule has 1 N–H and O–H groups in total. The summed E-state index contributed by atoms with van der Waals surface area (Å²) in [5.41, 5.74) is 0.846. The first-order valence-corrected chi connectivity index (χ1v) is 6.99. The van der Waals surface area contributed by atoms with Crippen molar-refractivity contribution in [1.82, 2.24) is 0 Å². The summed E-state index contributed by atoms with van der Waals surface area (Å²) in [6, 6.07) is 7.39. The Balaban J connectivity index is 1.69. The largest absolute Gasteiger partial charge is 0.494 e. The van der Waals surface area contributed by atoms with Crippen LogP contribution in [0.2, 0.25) is 0 Å². The Kier molecular flexibility index (Phi) is 5.62. The van der Waals surface area contributed by atoms with Crippen molar-refractivity contribution in [2.24, 2.45) is 0 Å². The smallest absolute Gasteiger partial charge is 0.328 e. The lowest BCUT2D eigenvalue weighted by atomic mass is 10.1. The maximum Gasteiger partial charge on any atom is 0.328 e. The minimum Gasteiger partial charge on any atom is -0.494 e. The first kappa shape index (κ1) is 14.6. The second-order valence-electron chi connectivity index (χ2n) is 4.87. The fraction of sp³-hybridized carbons (Fsp3) is 0.438. The number of rotatable bonds is 7. The van der Waals surface area contributed by atoms with Gasteiger partial charge in [0, 0.05) is 12.7 Å². The zero-order chi connectivity index (χ0) is 14.2. The van der Waals surface area contributed by atoms with Crippen LogP contribution in [0.3, 0.4) is 0 Å². The fourth-order valence-electron chi connectivity index (χ4n) is 2.22. The quantitative estimate of drug-likeness (QED) is 0.614. The molecular formula is C16H20O4. The molecule has 1 aliphatic heterocycles. The number of ether oxygens (including phenoxy) is 2. The van der Waals surface area contributed by atoms with Gasteiger partial charge in [-0.2, -0.15) is 0 Å². The van der Waals surface area contributed by atoms with Crippen LogP contribution in [0, 0.1) is 0 Å². The molecule has 1 aliphatic rings. The summed E-state index contributed by atoms with van der Waals surface area (Å²) in [6.07, 6.45) is 7.50.